The summed E-state index contributed by atoms with van der Waals surface area (Å²) >= 11 is 0. The van der Waals surface area contributed by atoms with Crippen LogP contribution in [0.5, 0.6) is 5.75 Å². The summed E-state index contributed by atoms with van der Waals surface area (Å²) in [6.07, 6.45) is -3.17. The first-order chi connectivity index (χ1) is 15.1. The lowest BCUT2D eigenvalue weighted by molar-refractivity contribution is -0.274. The molecule has 3 aromatic carbocycles. The van der Waals surface area contributed by atoms with Gasteiger partial charge in [0.2, 0.25) is 0 Å². The lowest BCUT2D eigenvalue weighted by Crippen LogP contribution is -2.16. The Bertz CT molecular complexity index is 1090. The van der Waals surface area contributed by atoms with Crippen LogP contribution in [0.2, 0.25) is 0 Å². The van der Waals surface area contributed by atoms with Crippen molar-refractivity contribution in [3.05, 3.63) is 89.0 Å². The van der Waals surface area contributed by atoms with Crippen LogP contribution in [0.1, 0.15) is 30.0 Å². The largest absolute Gasteiger partial charge is 0.573 e. The molecule has 0 amide bonds. The van der Waals surface area contributed by atoms with Crippen LogP contribution in [0.3, 0.4) is 0 Å². The second-order valence-electron chi connectivity index (χ2n) is 6.96. The molecule has 0 radical (unpaired) electrons. The van der Waals surface area contributed by atoms with E-state index in [0.29, 0.717) is 5.56 Å². The Morgan fingerprint density at radius 2 is 1.34 bits per heavy atom. The maximum atomic E-state index is 14.6. The summed E-state index contributed by atoms with van der Waals surface area (Å²) in [7, 11) is 0. The van der Waals surface area contributed by atoms with Crippen molar-refractivity contribution in [2.24, 2.45) is 0 Å². The van der Waals surface area contributed by atoms with Crippen LogP contribution < -0.4 is 4.74 Å². The molecule has 0 aliphatic carbocycles. The molecular weight excluding hydrogens is 437 g/mol. The molecule has 1 nitrogen and oxygen atoms in total. The van der Waals surface area contributed by atoms with E-state index in [9.17, 15) is 30.7 Å². The summed E-state index contributed by atoms with van der Waals surface area (Å²) in [5, 5.41) is 0. The van der Waals surface area contributed by atoms with E-state index in [2.05, 4.69) is 4.74 Å². The van der Waals surface area contributed by atoms with Crippen LogP contribution in [-0.4, -0.2) is 6.36 Å². The van der Waals surface area contributed by atoms with E-state index in [-0.39, 0.29) is 5.56 Å². The number of alkyl halides is 3. The number of aryl methyl sites for hydroxylation is 1. The third-order valence-corrected chi connectivity index (χ3v) is 4.62. The molecule has 32 heavy (non-hydrogen) atoms. The molecule has 0 spiro atoms. The Balaban J connectivity index is 1.92. The first kappa shape index (κ1) is 23.4. The van der Waals surface area contributed by atoms with Gasteiger partial charge < -0.3 is 4.74 Å². The summed E-state index contributed by atoms with van der Waals surface area (Å²) in [5.74, 6) is -6.72. The minimum absolute atomic E-state index is 0.147. The zero-order valence-electron chi connectivity index (χ0n) is 16.7. The van der Waals surface area contributed by atoms with Gasteiger partial charge in [-0.15, -0.1) is 13.2 Å². The van der Waals surface area contributed by atoms with Crippen molar-refractivity contribution in [1.29, 1.82) is 0 Å². The predicted molar refractivity (Wildman–Crippen MR) is 108 cm³/mol. The fraction of sp³-hybridized carbons (Fsp3) is 0.167. The van der Waals surface area contributed by atoms with Gasteiger partial charge in [-0.05, 0) is 59.5 Å². The van der Waals surface area contributed by atoms with Crippen LogP contribution in [0.15, 0.2) is 60.7 Å². The van der Waals surface area contributed by atoms with Crippen molar-refractivity contribution < 1.29 is 35.5 Å². The van der Waals surface area contributed by atoms with Gasteiger partial charge in [0.25, 0.3) is 0 Å². The summed E-state index contributed by atoms with van der Waals surface area (Å²) in [5.41, 5.74) is -0.0135. The molecular formula is C24H17F7O. The molecule has 0 saturated heterocycles. The molecule has 0 heterocycles. The fourth-order valence-electron chi connectivity index (χ4n) is 3.14. The van der Waals surface area contributed by atoms with E-state index in [4.69, 9.17) is 0 Å². The molecule has 0 N–H and O–H groups in total. The molecule has 0 bridgehead atoms. The standard InChI is InChI=1S/C24H17F7O/c1-2-3-14-4-6-15(7-5-14)17-12-19(25)21(20(26)13-17)23(28)22(27)16-8-10-18(11-9-16)32-24(29,30)31/h4-13H,2-3H2,1H3/b23-22+. The smallest absolute Gasteiger partial charge is 0.406 e. The number of benzene rings is 3. The van der Waals surface area contributed by atoms with Crippen molar-refractivity contribution in [1.82, 2.24) is 0 Å². The Kier molecular flexibility index (Phi) is 6.91. The lowest BCUT2D eigenvalue weighted by atomic mass is 9.99. The minimum atomic E-state index is -4.95. The van der Waals surface area contributed by atoms with Gasteiger partial charge in [0, 0.05) is 5.56 Å². The highest BCUT2D eigenvalue weighted by Gasteiger charge is 2.31. The van der Waals surface area contributed by atoms with Gasteiger partial charge in [0.15, 0.2) is 11.7 Å². The Labute approximate surface area is 179 Å². The van der Waals surface area contributed by atoms with Gasteiger partial charge >= 0.3 is 6.36 Å². The minimum Gasteiger partial charge on any atom is -0.406 e. The van der Waals surface area contributed by atoms with E-state index in [1.54, 1.807) is 12.1 Å². The van der Waals surface area contributed by atoms with Gasteiger partial charge in [-0.1, -0.05) is 37.6 Å². The van der Waals surface area contributed by atoms with Crippen molar-refractivity contribution in [3.8, 4) is 16.9 Å². The zero-order chi connectivity index (χ0) is 23.5. The summed E-state index contributed by atoms with van der Waals surface area (Å²) < 4.78 is 98.4. The quantitative estimate of drug-likeness (QED) is 0.269. The van der Waals surface area contributed by atoms with Crippen LogP contribution in [-0.2, 0) is 6.42 Å². The van der Waals surface area contributed by atoms with Crippen molar-refractivity contribution >= 4 is 11.7 Å². The van der Waals surface area contributed by atoms with Gasteiger partial charge in [-0.2, -0.15) is 0 Å². The summed E-state index contributed by atoms with van der Waals surface area (Å²) in [6.45, 7) is 2.02. The number of halogens is 7. The predicted octanol–water partition coefficient (Wildman–Crippen LogP) is 8.25. The monoisotopic (exact) mass is 454 g/mol. The lowest BCUT2D eigenvalue weighted by Gasteiger charge is -2.10. The molecule has 3 aromatic rings. The van der Waals surface area contributed by atoms with Crippen LogP contribution in [0.4, 0.5) is 30.7 Å². The number of hydrogen-bond donors (Lipinski definition) is 0. The van der Waals surface area contributed by atoms with Gasteiger partial charge in [0.05, 0.1) is 5.56 Å². The SMILES string of the molecule is CCCc1ccc(-c2cc(F)c(/C(F)=C(\F)c3ccc(OC(F)(F)F)cc3)c(F)c2)cc1. The third kappa shape index (κ3) is 5.49. The average molecular weight is 454 g/mol. The van der Waals surface area contributed by atoms with Crippen LogP contribution >= 0.6 is 0 Å². The van der Waals surface area contributed by atoms with Crippen molar-refractivity contribution in [2.75, 3.05) is 0 Å². The maximum Gasteiger partial charge on any atom is 0.573 e. The van der Waals surface area contributed by atoms with Crippen LogP contribution in [0, 0.1) is 11.6 Å². The molecule has 0 aliphatic heterocycles. The first-order valence-electron chi connectivity index (χ1n) is 9.59. The van der Waals surface area contributed by atoms with E-state index >= 15 is 0 Å². The summed E-state index contributed by atoms with van der Waals surface area (Å²) in [4.78, 5) is 0. The third-order valence-electron chi connectivity index (χ3n) is 4.62. The molecule has 0 saturated carbocycles. The highest BCUT2D eigenvalue weighted by Crippen LogP contribution is 2.35. The average Bonchev–Trinajstić information content (AvgIpc) is 2.73. The van der Waals surface area contributed by atoms with Crippen molar-refractivity contribution in [2.45, 2.75) is 26.1 Å². The zero-order valence-corrected chi connectivity index (χ0v) is 16.7. The molecule has 0 unspecified atom stereocenters. The molecule has 0 aromatic heterocycles. The van der Waals surface area contributed by atoms with E-state index in [0.717, 1.165) is 54.8 Å². The number of ether oxygens (including phenoxy) is 1. The highest BCUT2D eigenvalue weighted by molar-refractivity contribution is 5.84. The highest BCUT2D eigenvalue weighted by atomic mass is 19.4. The van der Waals surface area contributed by atoms with E-state index in [1.165, 1.54) is 0 Å². The maximum absolute atomic E-state index is 14.6. The Hall–Kier alpha value is -3.29. The number of hydrogen-bond acceptors (Lipinski definition) is 1. The first-order valence-corrected chi connectivity index (χ1v) is 9.59. The molecule has 8 heteroatoms. The molecule has 0 fully saturated rings. The van der Waals surface area contributed by atoms with Gasteiger partial charge in [0.1, 0.15) is 17.4 Å². The molecule has 168 valence electrons. The van der Waals surface area contributed by atoms with Crippen molar-refractivity contribution in [3.63, 3.8) is 0 Å². The molecule has 3 rings (SSSR count). The Morgan fingerprint density at radius 1 is 0.781 bits per heavy atom. The van der Waals surface area contributed by atoms with E-state index < -0.39 is 46.5 Å². The van der Waals surface area contributed by atoms with Gasteiger partial charge in [-0.25, -0.2) is 17.6 Å². The van der Waals surface area contributed by atoms with E-state index in [1.807, 2.05) is 19.1 Å². The second kappa shape index (κ2) is 9.46. The topological polar surface area (TPSA) is 9.23 Å². The summed E-state index contributed by atoms with van der Waals surface area (Å²) in [6, 6.07) is 11.9. The second-order valence-corrected chi connectivity index (χ2v) is 6.96. The molecule has 0 atom stereocenters. The van der Waals surface area contributed by atoms with Gasteiger partial charge in [-0.3, -0.25) is 0 Å². The Morgan fingerprint density at radius 3 is 1.84 bits per heavy atom. The normalized spacial score (nSPS) is 12.5. The van der Waals surface area contributed by atoms with Crippen LogP contribution in [0.25, 0.3) is 22.8 Å². The molecule has 0 aliphatic rings. The fourth-order valence-corrected chi connectivity index (χ4v) is 3.14. The number of rotatable bonds is 6.